The van der Waals surface area contributed by atoms with Crippen molar-refractivity contribution in [3.63, 3.8) is 0 Å². The first-order chi connectivity index (χ1) is 9.99. The van der Waals surface area contributed by atoms with E-state index in [0.717, 1.165) is 23.8 Å². The molecule has 0 amide bonds. The highest BCUT2D eigenvalue weighted by Gasteiger charge is 2.10. The van der Waals surface area contributed by atoms with Crippen LogP contribution in [0.2, 0.25) is 0 Å². The Morgan fingerprint density at radius 2 is 1.90 bits per heavy atom. The molecule has 4 nitrogen and oxygen atoms in total. The van der Waals surface area contributed by atoms with E-state index in [0.29, 0.717) is 11.8 Å². The molecule has 0 fully saturated rings. The van der Waals surface area contributed by atoms with Crippen molar-refractivity contribution >= 4 is 11.8 Å². The van der Waals surface area contributed by atoms with E-state index in [1.54, 1.807) is 11.8 Å². The summed E-state index contributed by atoms with van der Waals surface area (Å²) in [6.07, 6.45) is 6.17. The van der Waals surface area contributed by atoms with Gasteiger partial charge in [-0.2, -0.15) is 0 Å². The van der Waals surface area contributed by atoms with Crippen LogP contribution in [0.25, 0.3) is 0 Å². The molecule has 116 valence electrons. The van der Waals surface area contributed by atoms with Crippen LogP contribution in [0.3, 0.4) is 0 Å². The minimum Gasteiger partial charge on any atom is -0.337 e. The minimum atomic E-state index is 0.482. The SMILES string of the molecule is CC(C)c1cnc(SCCCc2cnc(C(C)C)n2C)[nH]1. The van der Waals surface area contributed by atoms with Crippen LogP contribution in [-0.4, -0.2) is 25.3 Å². The van der Waals surface area contributed by atoms with Gasteiger partial charge in [0.15, 0.2) is 5.16 Å². The molecule has 5 heteroatoms. The molecule has 0 saturated carbocycles. The molecule has 2 heterocycles. The third-order valence-electron chi connectivity index (χ3n) is 3.65. The van der Waals surface area contributed by atoms with E-state index in [-0.39, 0.29) is 0 Å². The van der Waals surface area contributed by atoms with Gasteiger partial charge in [-0.25, -0.2) is 9.97 Å². The molecule has 0 spiro atoms. The highest BCUT2D eigenvalue weighted by atomic mass is 32.2. The predicted octanol–water partition coefficient (Wildman–Crippen LogP) is 4.11. The number of aromatic nitrogens is 4. The zero-order valence-electron chi connectivity index (χ0n) is 13.7. The average Bonchev–Trinajstić information content (AvgIpc) is 3.02. The number of rotatable bonds is 7. The number of aromatic amines is 1. The van der Waals surface area contributed by atoms with Gasteiger partial charge in [0, 0.05) is 42.5 Å². The topological polar surface area (TPSA) is 46.5 Å². The van der Waals surface area contributed by atoms with Crippen LogP contribution in [0.1, 0.15) is 63.2 Å². The first-order valence-electron chi connectivity index (χ1n) is 7.67. The highest BCUT2D eigenvalue weighted by Crippen LogP contribution is 2.20. The van der Waals surface area contributed by atoms with E-state index in [9.17, 15) is 0 Å². The monoisotopic (exact) mass is 306 g/mol. The highest BCUT2D eigenvalue weighted by molar-refractivity contribution is 7.99. The Bertz CT molecular complexity index is 569. The maximum atomic E-state index is 4.51. The second-order valence-electron chi connectivity index (χ2n) is 6.07. The maximum absolute atomic E-state index is 4.51. The van der Waals surface area contributed by atoms with Crippen molar-refractivity contribution in [2.45, 2.75) is 57.5 Å². The lowest BCUT2D eigenvalue weighted by atomic mass is 10.2. The number of imidazole rings is 2. The number of nitrogens with one attached hydrogen (secondary N) is 1. The molecule has 0 aromatic carbocycles. The van der Waals surface area contributed by atoms with E-state index in [4.69, 9.17) is 0 Å². The summed E-state index contributed by atoms with van der Waals surface area (Å²) in [7, 11) is 2.12. The lowest BCUT2D eigenvalue weighted by molar-refractivity contribution is 0.683. The summed E-state index contributed by atoms with van der Waals surface area (Å²) in [5, 5.41) is 1.03. The van der Waals surface area contributed by atoms with Crippen molar-refractivity contribution in [1.82, 2.24) is 19.5 Å². The van der Waals surface area contributed by atoms with Crippen LogP contribution >= 0.6 is 11.8 Å². The second-order valence-corrected chi connectivity index (χ2v) is 7.16. The van der Waals surface area contributed by atoms with Gasteiger partial charge in [0.25, 0.3) is 0 Å². The fraction of sp³-hybridized carbons (Fsp3) is 0.625. The van der Waals surface area contributed by atoms with Crippen molar-refractivity contribution in [3.8, 4) is 0 Å². The predicted molar refractivity (Wildman–Crippen MR) is 89.0 cm³/mol. The molecule has 0 aliphatic rings. The molecule has 1 N–H and O–H groups in total. The summed E-state index contributed by atoms with van der Waals surface area (Å²) in [5.41, 5.74) is 2.53. The van der Waals surface area contributed by atoms with Crippen molar-refractivity contribution in [2.75, 3.05) is 5.75 Å². The van der Waals surface area contributed by atoms with Gasteiger partial charge in [-0.1, -0.05) is 39.5 Å². The van der Waals surface area contributed by atoms with Gasteiger partial charge in [-0.3, -0.25) is 0 Å². The van der Waals surface area contributed by atoms with Gasteiger partial charge in [0.1, 0.15) is 5.82 Å². The number of thioether (sulfide) groups is 1. The zero-order chi connectivity index (χ0) is 15.4. The van der Waals surface area contributed by atoms with Crippen LogP contribution in [0.15, 0.2) is 17.6 Å². The van der Waals surface area contributed by atoms with Gasteiger partial charge >= 0.3 is 0 Å². The molecular formula is C16H26N4S. The Morgan fingerprint density at radius 3 is 2.48 bits per heavy atom. The summed E-state index contributed by atoms with van der Waals surface area (Å²) in [4.78, 5) is 12.3. The quantitative estimate of drug-likeness (QED) is 0.618. The van der Waals surface area contributed by atoms with Crippen molar-refractivity contribution in [1.29, 1.82) is 0 Å². The zero-order valence-corrected chi connectivity index (χ0v) is 14.5. The molecule has 2 aromatic rings. The molecule has 0 aliphatic carbocycles. The van der Waals surface area contributed by atoms with Crippen molar-refractivity contribution < 1.29 is 0 Å². The molecule has 2 rings (SSSR count). The van der Waals surface area contributed by atoms with E-state index in [2.05, 4.69) is 54.3 Å². The number of nitrogens with zero attached hydrogens (tertiary/aromatic N) is 3. The van der Waals surface area contributed by atoms with Crippen LogP contribution in [-0.2, 0) is 13.5 Å². The Balaban J connectivity index is 1.79. The molecule has 0 atom stereocenters. The van der Waals surface area contributed by atoms with Crippen LogP contribution < -0.4 is 0 Å². The number of H-pyrrole nitrogens is 1. The Labute approximate surface area is 131 Å². The number of hydrogen-bond acceptors (Lipinski definition) is 3. The summed E-state index contributed by atoms with van der Waals surface area (Å²) in [6, 6.07) is 0. The molecule has 0 radical (unpaired) electrons. The van der Waals surface area contributed by atoms with E-state index < -0.39 is 0 Å². The Kier molecular flexibility index (Phi) is 5.51. The van der Waals surface area contributed by atoms with Crippen LogP contribution in [0.5, 0.6) is 0 Å². The molecule has 0 aliphatic heterocycles. The fourth-order valence-corrected chi connectivity index (χ4v) is 3.13. The summed E-state index contributed by atoms with van der Waals surface area (Å²) in [5.74, 6) is 3.24. The van der Waals surface area contributed by atoms with E-state index >= 15 is 0 Å². The number of hydrogen-bond donors (Lipinski definition) is 1. The van der Waals surface area contributed by atoms with Gasteiger partial charge in [0.2, 0.25) is 0 Å². The molecule has 2 aromatic heterocycles. The lowest BCUT2D eigenvalue weighted by Gasteiger charge is -2.08. The largest absolute Gasteiger partial charge is 0.337 e. The molecule has 21 heavy (non-hydrogen) atoms. The third-order valence-corrected chi connectivity index (χ3v) is 4.62. The molecule has 0 bridgehead atoms. The van der Waals surface area contributed by atoms with Gasteiger partial charge in [-0.15, -0.1) is 0 Å². The first kappa shape index (κ1) is 16.1. The van der Waals surface area contributed by atoms with Gasteiger partial charge in [0.05, 0.1) is 0 Å². The summed E-state index contributed by atoms with van der Waals surface area (Å²) in [6.45, 7) is 8.73. The summed E-state index contributed by atoms with van der Waals surface area (Å²) < 4.78 is 2.24. The lowest BCUT2D eigenvalue weighted by Crippen LogP contribution is -2.03. The Morgan fingerprint density at radius 1 is 1.14 bits per heavy atom. The minimum absolute atomic E-state index is 0.482. The smallest absolute Gasteiger partial charge is 0.165 e. The Hall–Kier alpha value is -1.23. The first-order valence-corrected chi connectivity index (χ1v) is 8.65. The second kappa shape index (κ2) is 7.16. The standard InChI is InChI=1S/C16H26N4S/c1-11(2)14-10-18-16(19-14)21-8-6-7-13-9-17-15(12(3)4)20(13)5/h9-12H,6-8H2,1-5H3,(H,18,19). The van der Waals surface area contributed by atoms with Crippen LogP contribution in [0, 0.1) is 0 Å². The fourth-order valence-electron chi connectivity index (χ4n) is 2.33. The van der Waals surface area contributed by atoms with Crippen molar-refractivity contribution in [3.05, 3.63) is 29.6 Å². The van der Waals surface area contributed by atoms with E-state index in [1.165, 1.54) is 17.2 Å². The van der Waals surface area contributed by atoms with Gasteiger partial charge in [-0.05, 0) is 18.8 Å². The molecule has 0 saturated heterocycles. The van der Waals surface area contributed by atoms with Gasteiger partial charge < -0.3 is 9.55 Å². The molecule has 0 unspecified atom stereocenters. The van der Waals surface area contributed by atoms with E-state index in [1.807, 2.05) is 12.4 Å². The normalized spacial score (nSPS) is 11.8. The molecular weight excluding hydrogens is 280 g/mol. The summed E-state index contributed by atoms with van der Waals surface area (Å²) >= 11 is 1.80. The average molecular weight is 306 g/mol. The third kappa shape index (κ3) is 4.13. The maximum Gasteiger partial charge on any atom is 0.165 e. The van der Waals surface area contributed by atoms with Crippen LogP contribution in [0.4, 0.5) is 0 Å². The number of aryl methyl sites for hydroxylation is 1. The van der Waals surface area contributed by atoms with Crippen molar-refractivity contribution in [2.24, 2.45) is 7.05 Å².